The molecule has 2 aromatic carbocycles. The van der Waals surface area contributed by atoms with Gasteiger partial charge < -0.3 is 14.2 Å². The molecular formula is C22H19FINO4. The lowest BCUT2D eigenvalue weighted by molar-refractivity contribution is -0.129. The van der Waals surface area contributed by atoms with E-state index in [2.05, 4.69) is 34.2 Å². The number of hydrogen-bond donors (Lipinski definition) is 0. The average molecular weight is 507 g/mol. The normalized spacial score (nSPS) is 14.6. The molecule has 0 radical (unpaired) electrons. The molecule has 0 bridgehead atoms. The Kier molecular flexibility index (Phi) is 6.68. The van der Waals surface area contributed by atoms with Gasteiger partial charge in [0.15, 0.2) is 17.2 Å². The van der Waals surface area contributed by atoms with Gasteiger partial charge in [-0.15, -0.1) is 0 Å². The van der Waals surface area contributed by atoms with E-state index in [1.807, 2.05) is 19.9 Å². The zero-order valence-electron chi connectivity index (χ0n) is 16.0. The molecule has 1 aliphatic heterocycles. The number of carbonyl (C=O) groups is 1. The third-order valence-electron chi connectivity index (χ3n) is 3.82. The Labute approximate surface area is 182 Å². The Hall–Kier alpha value is -2.68. The summed E-state index contributed by atoms with van der Waals surface area (Å²) in [6.45, 7) is 8.42. The molecule has 0 N–H and O–H groups in total. The summed E-state index contributed by atoms with van der Waals surface area (Å²) in [5, 5.41) is 0. The van der Waals surface area contributed by atoms with Gasteiger partial charge in [0.25, 0.3) is 0 Å². The largest absolute Gasteiger partial charge is 0.490 e. The van der Waals surface area contributed by atoms with Gasteiger partial charge >= 0.3 is 5.97 Å². The fourth-order valence-electron chi connectivity index (χ4n) is 2.59. The smallest absolute Gasteiger partial charge is 0.363 e. The van der Waals surface area contributed by atoms with E-state index in [1.165, 1.54) is 12.1 Å². The summed E-state index contributed by atoms with van der Waals surface area (Å²) in [5.41, 5.74) is 1.79. The molecule has 5 nitrogen and oxygen atoms in total. The van der Waals surface area contributed by atoms with Crippen molar-refractivity contribution in [2.45, 2.75) is 13.8 Å². The van der Waals surface area contributed by atoms with Crippen LogP contribution in [-0.2, 0) is 9.53 Å². The van der Waals surface area contributed by atoms with E-state index < -0.39 is 11.8 Å². The maximum absolute atomic E-state index is 14.0. The van der Waals surface area contributed by atoms with E-state index >= 15 is 0 Å². The van der Waals surface area contributed by atoms with Crippen LogP contribution >= 0.6 is 22.6 Å². The van der Waals surface area contributed by atoms with Gasteiger partial charge in [0.1, 0.15) is 12.4 Å². The highest BCUT2D eigenvalue weighted by Gasteiger charge is 2.26. The number of esters is 1. The standard InChI is InChI=1S/C22H19FINO4/c1-4-27-19-11-14(9-17(24)20(19)28-12-13(2)3)10-18-22(26)29-21(25-18)15-7-5-6-8-16(15)23/h5-11H,2,4,12H2,1,3H3/b18-10-. The second kappa shape index (κ2) is 9.21. The van der Waals surface area contributed by atoms with Crippen LogP contribution in [0.15, 0.2) is 59.2 Å². The number of ether oxygens (including phenoxy) is 3. The maximum Gasteiger partial charge on any atom is 0.363 e. The zero-order valence-corrected chi connectivity index (χ0v) is 18.2. The minimum atomic E-state index is -0.640. The number of cyclic esters (lactones) is 1. The van der Waals surface area contributed by atoms with Crippen LogP contribution in [0.3, 0.4) is 0 Å². The van der Waals surface area contributed by atoms with Crippen LogP contribution in [0.5, 0.6) is 11.5 Å². The molecule has 0 saturated carbocycles. The molecule has 29 heavy (non-hydrogen) atoms. The van der Waals surface area contributed by atoms with Gasteiger partial charge in [-0.2, -0.15) is 0 Å². The molecule has 0 unspecified atom stereocenters. The van der Waals surface area contributed by atoms with Gasteiger partial charge in [-0.05, 0) is 77.9 Å². The first-order valence-corrected chi connectivity index (χ1v) is 9.98. The second-order valence-corrected chi connectivity index (χ2v) is 7.49. The highest BCUT2D eigenvalue weighted by atomic mass is 127. The quantitative estimate of drug-likeness (QED) is 0.226. The minimum absolute atomic E-state index is 0.0551. The molecule has 7 heteroatoms. The average Bonchev–Trinajstić information content (AvgIpc) is 3.01. The van der Waals surface area contributed by atoms with Gasteiger partial charge in [0.2, 0.25) is 5.90 Å². The van der Waals surface area contributed by atoms with E-state index in [0.717, 1.165) is 9.14 Å². The lowest BCUT2D eigenvalue weighted by Crippen LogP contribution is -2.07. The van der Waals surface area contributed by atoms with E-state index in [-0.39, 0.29) is 17.2 Å². The van der Waals surface area contributed by atoms with Gasteiger partial charge in [0, 0.05) is 0 Å². The maximum atomic E-state index is 14.0. The first-order valence-electron chi connectivity index (χ1n) is 8.90. The number of nitrogens with zero attached hydrogens (tertiary/aromatic N) is 1. The number of carbonyl (C=O) groups excluding carboxylic acids is 1. The number of aliphatic imine (C=N–C) groups is 1. The van der Waals surface area contributed by atoms with Crippen LogP contribution in [0, 0.1) is 9.39 Å². The minimum Gasteiger partial charge on any atom is -0.490 e. The molecule has 0 spiro atoms. The van der Waals surface area contributed by atoms with E-state index in [9.17, 15) is 9.18 Å². The summed E-state index contributed by atoms with van der Waals surface area (Å²) in [4.78, 5) is 16.4. The zero-order chi connectivity index (χ0) is 21.0. The molecule has 0 saturated heterocycles. The van der Waals surface area contributed by atoms with Gasteiger partial charge in [0.05, 0.1) is 15.7 Å². The molecule has 0 aliphatic carbocycles. The number of halogens is 2. The predicted octanol–water partition coefficient (Wildman–Crippen LogP) is 5.13. The fraction of sp³-hybridized carbons (Fsp3) is 0.182. The molecule has 0 aromatic heterocycles. The van der Waals surface area contributed by atoms with Crippen molar-refractivity contribution >= 4 is 40.5 Å². The molecule has 150 valence electrons. The first kappa shape index (κ1) is 21.0. The van der Waals surface area contributed by atoms with Crippen LogP contribution in [0.25, 0.3) is 6.08 Å². The van der Waals surface area contributed by atoms with Crippen LogP contribution < -0.4 is 9.47 Å². The van der Waals surface area contributed by atoms with Crippen LogP contribution in [0.1, 0.15) is 25.0 Å². The van der Waals surface area contributed by atoms with Gasteiger partial charge in [-0.3, -0.25) is 0 Å². The summed E-state index contributed by atoms with van der Waals surface area (Å²) < 4.78 is 31.4. The lowest BCUT2D eigenvalue weighted by Gasteiger charge is -2.14. The molecule has 1 heterocycles. The SMILES string of the molecule is C=C(C)COc1c(I)cc(/C=C2\N=C(c3ccccc3F)OC2=O)cc1OCC. The lowest BCUT2D eigenvalue weighted by atomic mass is 10.1. The monoisotopic (exact) mass is 507 g/mol. The van der Waals surface area contributed by atoms with Crippen LogP contribution in [0.4, 0.5) is 4.39 Å². The summed E-state index contributed by atoms with van der Waals surface area (Å²) in [6.07, 6.45) is 1.57. The van der Waals surface area contributed by atoms with Crippen molar-refractivity contribution in [1.82, 2.24) is 0 Å². The third-order valence-corrected chi connectivity index (χ3v) is 4.62. The highest BCUT2D eigenvalue weighted by Crippen LogP contribution is 2.35. The van der Waals surface area contributed by atoms with Crippen LogP contribution in [-0.4, -0.2) is 25.1 Å². The predicted molar refractivity (Wildman–Crippen MR) is 118 cm³/mol. The van der Waals surface area contributed by atoms with Gasteiger partial charge in [-0.1, -0.05) is 18.7 Å². The molecular weight excluding hydrogens is 488 g/mol. The number of hydrogen-bond acceptors (Lipinski definition) is 5. The van der Waals surface area contributed by atoms with Gasteiger partial charge in [-0.25, -0.2) is 14.2 Å². The summed E-state index contributed by atoms with van der Waals surface area (Å²) in [7, 11) is 0. The second-order valence-electron chi connectivity index (χ2n) is 6.32. The van der Waals surface area contributed by atoms with Crippen molar-refractivity contribution in [2.24, 2.45) is 4.99 Å². The summed E-state index contributed by atoms with van der Waals surface area (Å²) >= 11 is 2.14. The van der Waals surface area contributed by atoms with Crippen molar-refractivity contribution in [3.05, 3.63) is 74.8 Å². The summed E-state index contributed by atoms with van der Waals surface area (Å²) in [6, 6.07) is 9.60. The molecule has 0 fully saturated rings. The Morgan fingerprint density at radius 1 is 1.31 bits per heavy atom. The molecule has 1 aliphatic rings. The molecule has 3 rings (SSSR count). The third kappa shape index (κ3) is 5.03. The molecule has 0 amide bonds. The topological polar surface area (TPSA) is 57.1 Å². The highest BCUT2D eigenvalue weighted by molar-refractivity contribution is 14.1. The van der Waals surface area contributed by atoms with Crippen molar-refractivity contribution in [2.75, 3.05) is 13.2 Å². The number of rotatable bonds is 7. The summed E-state index contributed by atoms with van der Waals surface area (Å²) in [5.74, 6) is -0.0360. The Bertz CT molecular complexity index is 1030. The number of benzene rings is 2. The first-order chi connectivity index (χ1) is 13.9. The molecule has 2 aromatic rings. The molecule has 0 atom stereocenters. The van der Waals surface area contributed by atoms with Crippen molar-refractivity contribution in [1.29, 1.82) is 0 Å². The Morgan fingerprint density at radius 2 is 2.07 bits per heavy atom. The van der Waals surface area contributed by atoms with Crippen molar-refractivity contribution in [3.8, 4) is 11.5 Å². The van der Waals surface area contributed by atoms with Crippen molar-refractivity contribution in [3.63, 3.8) is 0 Å². The van der Waals surface area contributed by atoms with E-state index in [1.54, 1.807) is 24.3 Å². The van der Waals surface area contributed by atoms with Crippen molar-refractivity contribution < 1.29 is 23.4 Å². The Balaban J connectivity index is 1.96. The Morgan fingerprint density at radius 3 is 2.76 bits per heavy atom. The van der Waals surface area contributed by atoms with E-state index in [4.69, 9.17) is 14.2 Å². The van der Waals surface area contributed by atoms with E-state index in [0.29, 0.717) is 30.3 Å². The fourth-order valence-corrected chi connectivity index (χ4v) is 3.37. The van der Waals surface area contributed by atoms with Crippen LogP contribution in [0.2, 0.25) is 0 Å².